The first-order valence-electron chi connectivity index (χ1n) is 8.92. The molecule has 1 aliphatic rings. The van der Waals surface area contributed by atoms with Gasteiger partial charge in [-0.2, -0.15) is 0 Å². The Kier molecular flexibility index (Phi) is 4.84. The van der Waals surface area contributed by atoms with Gasteiger partial charge in [0.05, 0.1) is 11.7 Å². The molecule has 1 saturated heterocycles. The number of anilines is 2. The standard InChI is InChI=1S/C17H20ClN7O2S/c1-7(2)4-10-21-24-17(27-10)25-5-9(6-25)20-15(26)13-12(19)11-8(3)14(18)22-23-16(11)28-13/h7,9H,4-6,19H2,1-3H3,(H,20,26). The molecule has 0 aromatic carbocycles. The smallest absolute Gasteiger partial charge is 0.318 e. The molecule has 1 amide bonds. The second-order valence-corrected chi connectivity index (χ2v) is 8.65. The van der Waals surface area contributed by atoms with Crippen LogP contribution in [0.25, 0.3) is 10.2 Å². The molecule has 0 saturated carbocycles. The van der Waals surface area contributed by atoms with Gasteiger partial charge in [-0.05, 0) is 12.8 Å². The quantitative estimate of drug-likeness (QED) is 0.643. The van der Waals surface area contributed by atoms with Gasteiger partial charge in [-0.25, -0.2) is 0 Å². The summed E-state index contributed by atoms with van der Waals surface area (Å²) in [5.41, 5.74) is 7.30. The number of thiophene rings is 1. The fourth-order valence-corrected chi connectivity index (χ4v) is 4.22. The minimum atomic E-state index is -0.230. The predicted molar refractivity (Wildman–Crippen MR) is 108 cm³/mol. The monoisotopic (exact) mass is 421 g/mol. The lowest BCUT2D eigenvalue weighted by Crippen LogP contribution is -2.59. The second kappa shape index (κ2) is 7.17. The van der Waals surface area contributed by atoms with Crippen molar-refractivity contribution < 1.29 is 9.21 Å². The van der Waals surface area contributed by atoms with E-state index in [2.05, 4.69) is 39.6 Å². The van der Waals surface area contributed by atoms with Crippen molar-refractivity contribution in [2.45, 2.75) is 33.2 Å². The Morgan fingerprint density at radius 1 is 1.36 bits per heavy atom. The number of aryl methyl sites for hydroxylation is 1. The van der Waals surface area contributed by atoms with Crippen LogP contribution in [0.15, 0.2) is 4.42 Å². The summed E-state index contributed by atoms with van der Waals surface area (Å²) in [4.78, 5) is 15.6. The molecule has 9 nitrogen and oxygen atoms in total. The van der Waals surface area contributed by atoms with Gasteiger partial charge in [0.2, 0.25) is 5.89 Å². The molecule has 0 bridgehead atoms. The van der Waals surface area contributed by atoms with Gasteiger partial charge in [0.15, 0.2) is 5.15 Å². The highest BCUT2D eigenvalue weighted by atomic mass is 35.5. The third kappa shape index (κ3) is 3.37. The lowest BCUT2D eigenvalue weighted by atomic mass is 10.1. The molecule has 1 aliphatic heterocycles. The number of carbonyl (C=O) groups is 1. The van der Waals surface area contributed by atoms with Crippen molar-refractivity contribution in [3.05, 3.63) is 21.5 Å². The van der Waals surface area contributed by atoms with Gasteiger partial charge >= 0.3 is 6.01 Å². The SMILES string of the molecule is Cc1c(Cl)nnc2sc(C(=O)NC3CN(c4nnc(CC(C)C)o4)C3)c(N)c12. The van der Waals surface area contributed by atoms with Crippen LogP contribution >= 0.6 is 22.9 Å². The van der Waals surface area contributed by atoms with E-state index in [0.29, 0.717) is 51.7 Å². The normalized spacial score (nSPS) is 14.7. The van der Waals surface area contributed by atoms with E-state index in [4.69, 9.17) is 21.8 Å². The zero-order valence-electron chi connectivity index (χ0n) is 15.7. The molecular formula is C17H20ClN7O2S. The largest absolute Gasteiger partial charge is 0.408 e. The minimum Gasteiger partial charge on any atom is -0.408 e. The van der Waals surface area contributed by atoms with Crippen LogP contribution in [0.2, 0.25) is 5.15 Å². The number of hydrogen-bond acceptors (Lipinski definition) is 9. The predicted octanol–water partition coefficient (Wildman–Crippen LogP) is 2.44. The number of nitrogens with one attached hydrogen (secondary N) is 1. The first kappa shape index (κ1) is 18.9. The highest BCUT2D eigenvalue weighted by molar-refractivity contribution is 7.21. The Labute approximate surface area is 170 Å². The maximum Gasteiger partial charge on any atom is 0.318 e. The summed E-state index contributed by atoms with van der Waals surface area (Å²) in [6.45, 7) is 7.21. The number of rotatable bonds is 5. The first-order chi connectivity index (χ1) is 13.3. The Hall–Kier alpha value is -2.46. The fourth-order valence-electron chi connectivity index (χ4n) is 3.08. The molecule has 0 unspecified atom stereocenters. The molecule has 3 aromatic heterocycles. The third-order valence-electron chi connectivity index (χ3n) is 4.57. The lowest BCUT2D eigenvalue weighted by molar-refractivity contribution is 0.0934. The number of nitrogens with zero attached hydrogens (tertiary/aromatic N) is 5. The van der Waals surface area contributed by atoms with Gasteiger partial charge in [0.1, 0.15) is 9.71 Å². The van der Waals surface area contributed by atoms with Gasteiger partial charge in [-0.15, -0.1) is 26.6 Å². The Balaban J connectivity index is 1.41. The van der Waals surface area contributed by atoms with E-state index < -0.39 is 0 Å². The number of amides is 1. The van der Waals surface area contributed by atoms with Crippen molar-refractivity contribution in [1.29, 1.82) is 0 Å². The topological polar surface area (TPSA) is 123 Å². The summed E-state index contributed by atoms with van der Waals surface area (Å²) < 4.78 is 5.67. The van der Waals surface area contributed by atoms with E-state index in [1.807, 2.05) is 11.8 Å². The van der Waals surface area contributed by atoms with Crippen molar-refractivity contribution in [3.8, 4) is 0 Å². The van der Waals surface area contributed by atoms with E-state index in [1.54, 1.807) is 0 Å². The second-order valence-electron chi connectivity index (χ2n) is 7.29. The molecule has 148 valence electrons. The molecule has 1 fully saturated rings. The lowest BCUT2D eigenvalue weighted by Gasteiger charge is -2.37. The highest BCUT2D eigenvalue weighted by Crippen LogP contribution is 2.36. The fraction of sp³-hybridized carbons (Fsp3) is 0.471. The number of fused-ring (bicyclic) bond motifs is 1. The summed E-state index contributed by atoms with van der Waals surface area (Å²) in [6.07, 6.45) is 0.749. The number of carbonyl (C=O) groups excluding carboxylic acids is 1. The average molecular weight is 422 g/mol. The summed E-state index contributed by atoms with van der Waals surface area (Å²) in [5.74, 6) is 0.851. The van der Waals surface area contributed by atoms with Gasteiger partial charge in [0, 0.05) is 30.5 Å². The van der Waals surface area contributed by atoms with Crippen LogP contribution < -0.4 is 16.0 Å². The molecular weight excluding hydrogens is 402 g/mol. The van der Waals surface area contributed by atoms with Crippen LogP contribution in [0.3, 0.4) is 0 Å². The summed E-state index contributed by atoms with van der Waals surface area (Å²) in [6, 6.07) is 0.469. The van der Waals surface area contributed by atoms with Crippen molar-refractivity contribution >= 4 is 50.8 Å². The van der Waals surface area contributed by atoms with Crippen molar-refractivity contribution in [3.63, 3.8) is 0 Å². The van der Waals surface area contributed by atoms with Gasteiger partial charge in [0.25, 0.3) is 5.91 Å². The van der Waals surface area contributed by atoms with Gasteiger partial charge in [-0.1, -0.05) is 30.5 Å². The van der Waals surface area contributed by atoms with Gasteiger partial charge < -0.3 is 20.4 Å². The molecule has 0 spiro atoms. The van der Waals surface area contributed by atoms with E-state index in [9.17, 15) is 4.79 Å². The zero-order valence-corrected chi connectivity index (χ0v) is 17.3. The van der Waals surface area contributed by atoms with Crippen LogP contribution in [-0.4, -0.2) is 45.4 Å². The summed E-state index contributed by atoms with van der Waals surface area (Å²) in [7, 11) is 0. The molecule has 28 heavy (non-hydrogen) atoms. The molecule has 3 N–H and O–H groups in total. The zero-order chi connectivity index (χ0) is 20.0. The van der Waals surface area contributed by atoms with Crippen LogP contribution in [0.5, 0.6) is 0 Å². The van der Waals surface area contributed by atoms with E-state index in [1.165, 1.54) is 11.3 Å². The van der Waals surface area contributed by atoms with E-state index in [-0.39, 0.29) is 17.1 Å². The number of halogens is 1. The number of aromatic nitrogens is 4. The van der Waals surface area contributed by atoms with Crippen LogP contribution in [0.1, 0.15) is 35.0 Å². The molecule has 11 heteroatoms. The minimum absolute atomic E-state index is 0.0201. The molecule has 0 radical (unpaired) electrons. The Bertz CT molecular complexity index is 1040. The highest BCUT2D eigenvalue weighted by Gasteiger charge is 2.33. The maximum absolute atomic E-state index is 12.7. The number of nitrogens with two attached hydrogens (primary N) is 1. The summed E-state index contributed by atoms with van der Waals surface area (Å²) in [5, 5.41) is 20.0. The molecule has 3 aromatic rings. The van der Waals surface area contributed by atoms with Crippen LogP contribution in [0.4, 0.5) is 11.7 Å². The molecule has 4 heterocycles. The molecule has 0 aliphatic carbocycles. The Morgan fingerprint density at radius 2 is 2.11 bits per heavy atom. The number of hydrogen-bond donors (Lipinski definition) is 2. The van der Waals surface area contributed by atoms with Crippen molar-refractivity contribution in [1.82, 2.24) is 25.7 Å². The molecule has 4 rings (SSSR count). The van der Waals surface area contributed by atoms with E-state index >= 15 is 0 Å². The summed E-state index contributed by atoms with van der Waals surface area (Å²) >= 11 is 7.23. The van der Waals surface area contributed by atoms with E-state index in [0.717, 1.165) is 12.0 Å². The van der Waals surface area contributed by atoms with Gasteiger partial charge in [-0.3, -0.25) is 4.79 Å². The van der Waals surface area contributed by atoms with Crippen LogP contribution in [0, 0.1) is 12.8 Å². The Morgan fingerprint density at radius 3 is 2.82 bits per heavy atom. The number of nitrogen functional groups attached to an aromatic ring is 1. The first-order valence-corrected chi connectivity index (χ1v) is 10.1. The maximum atomic E-state index is 12.7. The average Bonchev–Trinajstić information content (AvgIpc) is 3.18. The van der Waals surface area contributed by atoms with Crippen LogP contribution in [-0.2, 0) is 6.42 Å². The molecule has 0 atom stereocenters. The third-order valence-corrected chi connectivity index (χ3v) is 6.02. The van der Waals surface area contributed by atoms with Crippen molar-refractivity contribution in [2.75, 3.05) is 23.7 Å². The van der Waals surface area contributed by atoms with Crippen molar-refractivity contribution in [2.24, 2.45) is 5.92 Å².